The Kier molecular flexibility index (Phi) is 9.15. The third-order valence-electron chi connectivity index (χ3n) is 5.88. The van der Waals surface area contributed by atoms with Gasteiger partial charge in [0, 0.05) is 69.8 Å². The molecule has 168 valence electrons. The van der Waals surface area contributed by atoms with Gasteiger partial charge in [-0.2, -0.15) is 0 Å². The quantitative estimate of drug-likeness (QED) is 0.258. The van der Waals surface area contributed by atoms with E-state index < -0.39 is 0 Å². The normalized spacial score (nSPS) is 16.7. The topological polar surface area (TPSA) is 51.2 Å². The Balaban J connectivity index is 0.00000272. The zero-order valence-corrected chi connectivity index (χ0v) is 21.3. The van der Waals surface area contributed by atoms with Gasteiger partial charge in [0.25, 0.3) is 0 Å². The Morgan fingerprint density at radius 2 is 1.90 bits per heavy atom. The van der Waals surface area contributed by atoms with E-state index in [4.69, 9.17) is 0 Å². The lowest BCUT2D eigenvalue weighted by atomic mass is 10.2. The van der Waals surface area contributed by atoms with E-state index in [0.717, 1.165) is 70.3 Å². The summed E-state index contributed by atoms with van der Waals surface area (Å²) in [5, 5.41) is 5.60. The number of fused-ring (bicyclic) bond motifs is 1. The molecule has 0 radical (unpaired) electrons. The van der Waals surface area contributed by atoms with E-state index >= 15 is 0 Å². The van der Waals surface area contributed by atoms with Crippen LogP contribution >= 0.6 is 35.3 Å². The molecule has 1 N–H and O–H groups in total. The molecule has 0 aliphatic carbocycles. The monoisotopic (exact) mass is 553 g/mol. The number of nitrogens with one attached hydrogen (secondary N) is 1. The first-order valence-corrected chi connectivity index (χ1v) is 11.7. The van der Waals surface area contributed by atoms with Crippen LogP contribution in [0.2, 0.25) is 0 Å². The van der Waals surface area contributed by atoms with Crippen LogP contribution in [0.15, 0.2) is 46.8 Å². The molecular formula is C23H32IN5OS. The van der Waals surface area contributed by atoms with Crippen molar-refractivity contribution in [2.45, 2.75) is 25.8 Å². The maximum atomic E-state index is 12.6. The van der Waals surface area contributed by atoms with E-state index in [2.05, 4.69) is 49.8 Å². The van der Waals surface area contributed by atoms with Gasteiger partial charge in [-0.25, -0.2) is 0 Å². The first kappa shape index (κ1) is 24.0. The Morgan fingerprint density at radius 3 is 2.65 bits per heavy atom. The van der Waals surface area contributed by atoms with Gasteiger partial charge in [0.05, 0.1) is 0 Å². The molecule has 0 spiro atoms. The fourth-order valence-corrected chi connectivity index (χ4v) is 4.99. The summed E-state index contributed by atoms with van der Waals surface area (Å²) in [6.45, 7) is 6.67. The van der Waals surface area contributed by atoms with Crippen LogP contribution in [-0.4, -0.2) is 68.0 Å². The third kappa shape index (κ3) is 6.20. The lowest BCUT2D eigenvalue weighted by Crippen LogP contribution is -2.52. The van der Waals surface area contributed by atoms with Crippen molar-refractivity contribution in [1.29, 1.82) is 0 Å². The van der Waals surface area contributed by atoms with Gasteiger partial charge in [0.2, 0.25) is 5.91 Å². The minimum Gasteiger partial charge on any atom is -0.356 e. The summed E-state index contributed by atoms with van der Waals surface area (Å²) in [6.07, 6.45) is 2.34. The number of thiophene rings is 1. The fraction of sp³-hybridized carbons (Fsp3) is 0.478. The van der Waals surface area contributed by atoms with Gasteiger partial charge in [-0.3, -0.25) is 14.7 Å². The van der Waals surface area contributed by atoms with Crippen molar-refractivity contribution in [1.82, 2.24) is 15.1 Å². The van der Waals surface area contributed by atoms with Crippen LogP contribution in [-0.2, 0) is 17.8 Å². The molecule has 2 aliphatic heterocycles. The van der Waals surface area contributed by atoms with E-state index in [1.54, 1.807) is 0 Å². The smallest absolute Gasteiger partial charge is 0.227 e. The molecule has 0 atom stereocenters. The van der Waals surface area contributed by atoms with Crippen molar-refractivity contribution < 1.29 is 4.79 Å². The summed E-state index contributed by atoms with van der Waals surface area (Å²) in [6, 6.07) is 12.6. The summed E-state index contributed by atoms with van der Waals surface area (Å²) in [5.74, 6) is 1.17. The molecule has 8 heteroatoms. The third-order valence-corrected chi connectivity index (χ3v) is 6.74. The first-order valence-electron chi connectivity index (χ1n) is 10.8. The maximum Gasteiger partial charge on any atom is 0.227 e. The van der Waals surface area contributed by atoms with Crippen LogP contribution < -0.4 is 10.2 Å². The molecule has 1 amide bonds. The standard InChI is InChI=1S/C23H31N5OS.HI/c1-24-23(27-15-13-26(14-16-27)18-20-7-5-17-30-20)25-11-4-9-22(29)28-12-10-19-6-2-3-8-21(19)28;/h2-3,5-8,17H,4,9-16,18H2,1H3,(H,24,25);1H. The lowest BCUT2D eigenvalue weighted by Gasteiger charge is -2.36. The molecule has 2 aromatic rings. The molecule has 1 fully saturated rings. The molecule has 4 rings (SSSR count). The van der Waals surface area contributed by atoms with Crippen LogP contribution in [0.3, 0.4) is 0 Å². The van der Waals surface area contributed by atoms with E-state index in [0.29, 0.717) is 6.42 Å². The molecule has 2 aliphatic rings. The predicted molar refractivity (Wildman–Crippen MR) is 140 cm³/mol. The minimum atomic E-state index is 0. The second-order valence-corrected chi connectivity index (χ2v) is 8.88. The second-order valence-electron chi connectivity index (χ2n) is 7.84. The van der Waals surface area contributed by atoms with Crippen molar-refractivity contribution in [3.63, 3.8) is 0 Å². The van der Waals surface area contributed by atoms with Crippen molar-refractivity contribution in [2.75, 3.05) is 51.2 Å². The number of hydrogen-bond donors (Lipinski definition) is 1. The number of para-hydroxylation sites is 1. The molecule has 1 aromatic carbocycles. The summed E-state index contributed by atoms with van der Waals surface area (Å²) in [5.41, 5.74) is 2.37. The average molecular weight is 554 g/mol. The highest BCUT2D eigenvalue weighted by Crippen LogP contribution is 2.28. The lowest BCUT2D eigenvalue weighted by molar-refractivity contribution is -0.118. The molecule has 1 aromatic heterocycles. The van der Waals surface area contributed by atoms with Gasteiger partial charge in [0.1, 0.15) is 0 Å². The molecule has 6 nitrogen and oxygen atoms in total. The molecular weight excluding hydrogens is 521 g/mol. The van der Waals surface area contributed by atoms with Gasteiger partial charge in [-0.05, 0) is 35.9 Å². The van der Waals surface area contributed by atoms with E-state index in [9.17, 15) is 4.79 Å². The Hall–Kier alpha value is -1.65. The number of hydrogen-bond acceptors (Lipinski definition) is 4. The number of anilines is 1. The van der Waals surface area contributed by atoms with E-state index in [-0.39, 0.29) is 29.9 Å². The number of aliphatic imine (C=N–C) groups is 1. The highest BCUT2D eigenvalue weighted by molar-refractivity contribution is 14.0. The van der Waals surface area contributed by atoms with Crippen LogP contribution in [0.4, 0.5) is 5.69 Å². The summed E-state index contributed by atoms with van der Waals surface area (Å²) in [4.78, 5) is 25.3. The number of amides is 1. The fourth-order valence-electron chi connectivity index (χ4n) is 4.25. The van der Waals surface area contributed by atoms with Gasteiger partial charge in [-0.1, -0.05) is 24.3 Å². The minimum absolute atomic E-state index is 0. The number of halogens is 1. The number of carbonyl (C=O) groups excluding carboxylic acids is 1. The van der Waals surface area contributed by atoms with Gasteiger partial charge in [-0.15, -0.1) is 35.3 Å². The van der Waals surface area contributed by atoms with Gasteiger partial charge in [0.15, 0.2) is 5.96 Å². The molecule has 1 saturated heterocycles. The van der Waals surface area contributed by atoms with Crippen LogP contribution in [0.1, 0.15) is 23.3 Å². The number of guanidine groups is 1. The van der Waals surface area contributed by atoms with E-state index in [1.165, 1.54) is 10.4 Å². The summed E-state index contributed by atoms with van der Waals surface area (Å²) >= 11 is 1.83. The number of piperazine rings is 1. The van der Waals surface area contributed by atoms with Gasteiger partial charge >= 0.3 is 0 Å². The average Bonchev–Trinajstić information content (AvgIpc) is 3.44. The van der Waals surface area contributed by atoms with Gasteiger partial charge < -0.3 is 15.1 Å². The SMILES string of the molecule is CN=C(NCCCC(=O)N1CCc2ccccc21)N1CCN(Cc2cccs2)CC1.I. The van der Waals surface area contributed by atoms with Crippen molar-refractivity contribution in [3.05, 3.63) is 52.2 Å². The molecule has 0 unspecified atom stereocenters. The maximum absolute atomic E-state index is 12.6. The molecule has 3 heterocycles. The number of rotatable bonds is 6. The number of nitrogens with zero attached hydrogens (tertiary/aromatic N) is 4. The molecule has 31 heavy (non-hydrogen) atoms. The van der Waals surface area contributed by atoms with Crippen molar-refractivity contribution in [2.24, 2.45) is 4.99 Å². The predicted octanol–water partition coefficient (Wildman–Crippen LogP) is 3.43. The van der Waals surface area contributed by atoms with Crippen LogP contribution in [0, 0.1) is 0 Å². The summed E-state index contributed by atoms with van der Waals surface area (Å²) < 4.78 is 0. The number of benzene rings is 1. The zero-order chi connectivity index (χ0) is 20.8. The Labute approximate surface area is 206 Å². The largest absolute Gasteiger partial charge is 0.356 e. The van der Waals surface area contributed by atoms with Crippen molar-refractivity contribution >= 4 is 52.9 Å². The highest BCUT2D eigenvalue weighted by atomic mass is 127. The van der Waals surface area contributed by atoms with E-state index in [1.807, 2.05) is 35.4 Å². The van der Waals surface area contributed by atoms with Crippen LogP contribution in [0.25, 0.3) is 0 Å². The first-order chi connectivity index (χ1) is 14.7. The van der Waals surface area contributed by atoms with Crippen molar-refractivity contribution in [3.8, 4) is 0 Å². The Morgan fingerprint density at radius 1 is 1.10 bits per heavy atom. The highest BCUT2D eigenvalue weighted by Gasteiger charge is 2.24. The zero-order valence-electron chi connectivity index (χ0n) is 18.1. The second kappa shape index (κ2) is 11.8. The van der Waals surface area contributed by atoms with Crippen LogP contribution in [0.5, 0.6) is 0 Å². The molecule has 0 saturated carbocycles. The number of carbonyl (C=O) groups is 1. The summed E-state index contributed by atoms with van der Waals surface area (Å²) in [7, 11) is 1.84. The Bertz CT molecular complexity index is 865. The molecule has 0 bridgehead atoms.